The monoisotopic (exact) mass is 206 g/mol. The van der Waals surface area contributed by atoms with Crippen LogP contribution in [0, 0.1) is 0 Å². The third kappa shape index (κ3) is 3.29. The second-order valence-corrected chi connectivity index (χ2v) is 3.60. The molecule has 1 aromatic rings. The number of carbonyl (C=O) groups excluding carboxylic acids is 2. The Morgan fingerprint density at radius 3 is 2.13 bits per heavy atom. The molecular formula is C12H14O3. The van der Waals surface area contributed by atoms with E-state index in [1.54, 1.807) is 24.3 Å². The zero-order valence-corrected chi connectivity index (χ0v) is 8.86. The Bertz CT molecular complexity index is 365. The highest BCUT2D eigenvalue weighted by molar-refractivity contribution is 5.94. The van der Waals surface area contributed by atoms with Crippen molar-refractivity contribution in [3.8, 4) is 0 Å². The van der Waals surface area contributed by atoms with Crippen LogP contribution in [0.15, 0.2) is 24.3 Å². The first-order chi connectivity index (χ1) is 7.00. The summed E-state index contributed by atoms with van der Waals surface area (Å²) >= 11 is 0. The van der Waals surface area contributed by atoms with Crippen molar-refractivity contribution in [2.75, 3.05) is 0 Å². The van der Waals surface area contributed by atoms with Crippen LogP contribution in [0.1, 0.15) is 42.3 Å². The molecule has 0 heterocycles. The summed E-state index contributed by atoms with van der Waals surface area (Å²) in [5.41, 5.74) is 1.27. The fourth-order valence-electron chi connectivity index (χ4n) is 1.33. The molecule has 0 bridgehead atoms. The second kappa shape index (κ2) is 4.84. The molecule has 0 aliphatic rings. The van der Waals surface area contributed by atoms with E-state index in [-0.39, 0.29) is 18.0 Å². The van der Waals surface area contributed by atoms with Crippen LogP contribution in [0.25, 0.3) is 0 Å². The Morgan fingerprint density at radius 1 is 1.20 bits per heavy atom. The molecular weight excluding hydrogens is 192 g/mol. The van der Waals surface area contributed by atoms with Gasteiger partial charge in [-0.15, -0.1) is 0 Å². The molecule has 0 saturated carbocycles. The summed E-state index contributed by atoms with van der Waals surface area (Å²) in [4.78, 5) is 21.8. The fraction of sp³-hybridized carbons (Fsp3) is 0.333. The van der Waals surface area contributed by atoms with Gasteiger partial charge in [-0.05, 0) is 19.4 Å². The van der Waals surface area contributed by atoms with Gasteiger partial charge in [0.25, 0.3) is 0 Å². The molecule has 3 nitrogen and oxygen atoms in total. The van der Waals surface area contributed by atoms with E-state index in [9.17, 15) is 14.7 Å². The molecule has 0 aliphatic heterocycles. The van der Waals surface area contributed by atoms with Gasteiger partial charge in [0.05, 0.1) is 6.10 Å². The number of rotatable bonds is 4. The molecule has 0 amide bonds. The molecule has 1 N–H and O–H groups in total. The van der Waals surface area contributed by atoms with E-state index in [2.05, 4.69) is 0 Å². The Labute approximate surface area is 88.7 Å². The SMILES string of the molecule is CC(=O)C[C@H](O)c1ccc(C(C)=O)cc1. The lowest BCUT2D eigenvalue weighted by Crippen LogP contribution is -2.03. The highest BCUT2D eigenvalue weighted by atomic mass is 16.3. The first-order valence-corrected chi connectivity index (χ1v) is 4.79. The molecule has 0 radical (unpaired) electrons. The van der Waals surface area contributed by atoms with Crippen molar-refractivity contribution < 1.29 is 14.7 Å². The molecule has 15 heavy (non-hydrogen) atoms. The molecule has 0 fully saturated rings. The molecule has 1 atom stereocenters. The second-order valence-electron chi connectivity index (χ2n) is 3.60. The summed E-state index contributed by atoms with van der Waals surface area (Å²) < 4.78 is 0. The molecule has 0 saturated heterocycles. The normalized spacial score (nSPS) is 12.2. The summed E-state index contributed by atoms with van der Waals surface area (Å²) in [6.07, 6.45) is -0.664. The van der Waals surface area contributed by atoms with E-state index in [0.717, 1.165) is 0 Å². The Balaban J connectivity index is 2.79. The third-order valence-electron chi connectivity index (χ3n) is 2.18. The Hall–Kier alpha value is -1.48. The molecule has 1 rings (SSSR count). The van der Waals surface area contributed by atoms with Gasteiger partial charge in [-0.3, -0.25) is 9.59 Å². The number of benzene rings is 1. The summed E-state index contributed by atoms with van der Waals surface area (Å²) in [5.74, 6) is -0.0687. The number of aliphatic hydroxyl groups excluding tert-OH is 1. The number of ketones is 2. The minimum atomic E-state index is -0.775. The van der Waals surface area contributed by atoms with Crippen molar-refractivity contribution in [2.24, 2.45) is 0 Å². The van der Waals surface area contributed by atoms with Crippen LogP contribution in [0.5, 0.6) is 0 Å². The van der Waals surface area contributed by atoms with Gasteiger partial charge >= 0.3 is 0 Å². The minimum Gasteiger partial charge on any atom is -0.388 e. The first kappa shape index (κ1) is 11.6. The molecule has 0 aromatic heterocycles. The summed E-state index contributed by atoms with van der Waals surface area (Å²) in [7, 11) is 0. The van der Waals surface area contributed by atoms with Gasteiger partial charge in [-0.2, -0.15) is 0 Å². The first-order valence-electron chi connectivity index (χ1n) is 4.79. The standard InChI is InChI=1S/C12H14O3/c1-8(13)7-12(15)11-5-3-10(4-6-11)9(2)14/h3-6,12,15H,7H2,1-2H3/t12-/m0/s1. The van der Waals surface area contributed by atoms with Crippen LogP contribution in [0.2, 0.25) is 0 Å². The van der Waals surface area contributed by atoms with Crippen molar-refractivity contribution in [2.45, 2.75) is 26.4 Å². The van der Waals surface area contributed by atoms with Crippen LogP contribution in [0.3, 0.4) is 0 Å². The molecule has 1 aromatic carbocycles. The predicted molar refractivity (Wildman–Crippen MR) is 56.7 cm³/mol. The maximum atomic E-state index is 11.0. The van der Waals surface area contributed by atoms with Crippen molar-refractivity contribution in [3.05, 3.63) is 35.4 Å². The molecule has 0 spiro atoms. The highest BCUT2D eigenvalue weighted by Crippen LogP contribution is 2.17. The van der Waals surface area contributed by atoms with Gasteiger partial charge in [0, 0.05) is 12.0 Å². The van der Waals surface area contributed by atoms with Gasteiger partial charge in [0.1, 0.15) is 5.78 Å². The lowest BCUT2D eigenvalue weighted by Gasteiger charge is -2.08. The van der Waals surface area contributed by atoms with Gasteiger partial charge in [-0.25, -0.2) is 0 Å². The minimum absolute atomic E-state index is 0.0115. The lowest BCUT2D eigenvalue weighted by molar-refractivity contribution is -0.118. The number of aliphatic hydroxyl groups is 1. The maximum absolute atomic E-state index is 11.0. The van der Waals surface area contributed by atoms with Crippen LogP contribution in [-0.4, -0.2) is 16.7 Å². The largest absolute Gasteiger partial charge is 0.388 e. The van der Waals surface area contributed by atoms with Gasteiger partial charge in [0.15, 0.2) is 5.78 Å². The average Bonchev–Trinajstić information content (AvgIpc) is 2.17. The van der Waals surface area contributed by atoms with Crippen molar-refractivity contribution in [3.63, 3.8) is 0 Å². The molecule has 3 heteroatoms. The topological polar surface area (TPSA) is 54.4 Å². The quantitative estimate of drug-likeness (QED) is 0.765. The lowest BCUT2D eigenvalue weighted by atomic mass is 10.0. The number of hydrogen-bond donors (Lipinski definition) is 1. The van der Waals surface area contributed by atoms with Crippen molar-refractivity contribution in [1.82, 2.24) is 0 Å². The van der Waals surface area contributed by atoms with Gasteiger partial charge in [-0.1, -0.05) is 24.3 Å². The number of carbonyl (C=O) groups is 2. The van der Waals surface area contributed by atoms with E-state index >= 15 is 0 Å². The smallest absolute Gasteiger partial charge is 0.159 e. The highest BCUT2D eigenvalue weighted by Gasteiger charge is 2.10. The third-order valence-corrected chi connectivity index (χ3v) is 2.18. The summed E-state index contributed by atoms with van der Waals surface area (Å²) in [6, 6.07) is 6.65. The van der Waals surface area contributed by atoms with Crippen LogP contribution >= 0.6 is 0 Å². The molecule has 0 unspecified atom stereocenters. The Kier molecular flexibility index (Phi) is 3.74. The number of Topliss-reactive ketones (excluding diaryl/α,β-unsaturated/α-hetero) is 2. The summed E-state index contributed by atoms with van der Waals surface area (Å²) in [5, 5.41) is 9.61. The zero-order valence-electron chi connectivity index (χ0n) is 8.86. The van der Waals surface area contributed by atoms with Gasteiger partial charge < -0.3 is 5.11 Å². The zero-order chi connectivity index (χ0) is 11.4. The van der Waals surface area contributed by atoms with E-state index in [1.165, 1.54) is 13.8 Å². The fourth-order valence-corrected chi connectivity index (χ4v) is 1.33. The predicted octanol–water partition coefficient (Wildman–Crippen LogP) is 1.90. The van der Waals surface area contributed by atoms with Crippen LogP contribution < -0.4 is 0 Å². The average molecular weight is 206 g/mol. The number of hydrogen-bond acceptors (Lipinski definition) is 3. The van der Waals surface area contributed by atoms with Crippen molar-refractivity contribution >= 4 is 11.6 Å². The van der Waals surface area contributed by atoms with Crippen LogP contribution in [0.4, 0.5) is 0 Å². The van der Waals surface area contributed by atoms with Crippen LogP contribution in [-0.2, 0) is 4.79 Å². The van der Waals surface area contributed by atoms with E-state index < -0.39 is 6.10 Å². The maximum Gasteiger partial charge on any atom is 0.159 e. The van der Waals surface area contributed by atoms with E-state index in [1.807, 2.05) is 0 Å². The molecule has 80 valence electrons. The molecule has 0 aliphatic carbocycles. The van der Waals surface area contributed by atoms with Gasteiger partial charge in [0.2, 0.25) is 0 Å². The van der Waals surface area contributed by atoms with Crippen molar-refractivity contribution in [1.29, 1.82) is 0 Å². The Morgan fingerprint density at radius 2 is 1.73 bits per heavy atom. The summed E-state index contributed by atoms with van der Waals surface area (Å²) in [6.45, 7) is 2.92. The van der Waals surface area contributed by atoms with E-state index in [4.69, 9.17) is 0 Å². The van der Waals surface area contributed by atoms with E-state index in [0.29, 0.717) is 11.1 Å².